The summed E-state index contributed by atoms with van der Waals surface area (Å²) in [6, 6.07) is 12.5. The van der Waals surface area contributed by atoms with Crippen molar-refractivity contribution in [1.29, 1.82) is 0 Å². The van der Waals surface area contributed by atoms with E-state index in [4.69, 9.17) is 5.73 Å². The van der Waals surface area contributed by atoms with Crippen LogP contribution in [0.2, 0.25) is 0 Å². The summed E-state index contributed by atoms with van der Waals surface area (Å²) in [5.74, 6) is 0.578. The Kier molecular flexibility index (Phi) is 4.86. The number of hydrogen-bond acceptors (Lipinski definition) is 3. The number of anilines is 1. The van der Waals surface area contributed by atoms with Gasteiger partial charge in [-0.25, -0.2) is 4.39 Å². The van der Waals surface area contributed by atoms with Crippen molar-refractivity contribution < 1.29 is 9.18 Å². The smallest absolute Gasteiger partial charge is 0.220 e. The van der Waals surface area contributed by atoms with Crippen molar-refractivity contribution >= 4 is 23.4 Å². The number of nitrogen functional groups attached to an aromatic ring is 1. The van der Waals surface area contributed by atoms with Crippen LogP contribution in [0.1, 0.15) is 30.0 Å². The van der Waals surface area contributed by atoms with Gasteiger partial charge in [0, 0.05) is 22.8 Å². The first-order valence-electron chi connectivity index (χ1n) is 7.69. The molecule has 1 atom stereocenters. The topological polar surface area (TPSA) is 55.1 Å². The fraction of sp³-hybridized carbons (Fsp3) is 0.278. The first-order valence-corrected chi connectivity index (χ1v) is 8.67. The largest absolute Gasteiger partial charge is 0.399 e. The van der Waals surface area contributed by atoms with Gasteiger partial charge >= 0.3 is 0 Å². The number of fused-ring (bicyclic) bond motifs is 1. The molecule has 3 nitrogen and oxygen atoms in total. The molecule has 1 aliphatic rings. The summed E-state index contributed by atoms with van der Waals surface area (Å²) in [5.41, 5.74) is 8.47. The molecule has 0 aromatic heterocycles. The third-order valence-corrected chi connectivity index (χ3v) is 5.20. The maximum atomic E-state index is 13.8. The molecule has 0 radical (unpaired) electrons. The number of carbonyl (C=O) groups is 1. The maximum absolute atomic E-state index is 13.8. The monoisotopic (exact) mass is 330 g/mol. The number of rotatable bonds is 4. The zero-order valence-electron chi connectivity index (χ0n) is 12.7. The first kappa shape index (κ1) is 15.9. The lowest BCUT2D eigenvalue weighted by molar-refractivity contribution is -0.121. The van der Waals surface area contributed by atoms with Crippen molar-refractivity contribution in [3.63, 3.8) is 0 Å². The molecule has 0 saturated heterocycles. The summed E-state index contributed by atoms with van der Waals surface area (Å²) in [4.78, 5) is 12.9. The summed E-state index contributed by atoms with van der Waals surface area (Å²) in [6.45, 7) is 0. The van der Waals surface area contributed by atoms with Gasteiger partial charge < -0.3 is 11.1 Å². The van der Waals surface area contributed by atoms with E-state index in [-0.39, 0.29) is 17.8 Å². The molecule has 0 saturated carbocycles. The maximum Gasteiger partial charge on any atom is 0.220 e. The summed E-state index contributed by atoms with van der Waals surface area (Å²) in [7, 11) is 0. The van der Waals surface area contributed by atoms with Gasteiger partial charge in [-0.2, -0.15) is 0 Å². The standard InChI is InChI=1S/C18H19FN2OS/c19-14-6-3-5-13-16(10-11-23-18(13)14)21-17(22)9-8-12-4-1-2-7-15(12)20/h1-7,16H,8-11,20H2,(H,21,22). The number of amides is 1. The number of para-hydroxylation sites is 1. The Morgan fingerprint density at radius 1 is 1.26 bits per heavy atom. The molecule has 3 N–H and O–H groups in total. The lowest BCUT2D eigenvalue weighted by atomic mass is 10.0. The molecule has 5 heteroatoms. The van der Waals surface area contributed by atoms with Crippen LogP contribution >= 0.6 is 11.8 Å². The molecule has 2 aromatic carbocycles. The van der Waals surface area contributed by atoms with E-state index in [0.717, 1.165) is 23.3 Å². The minimum Gasteiger partial charge on any atom is -0.399 e. The van der Waals surface area contributed by atoms with E-state index < -0.39 is 0 Å². The van der Waals surface area contributed by atoms with E-state index in [0.29, 0.717) is 23.4 Å². The highest BCUT2D eigenvalue weighted by Gasteiger charge is 2.24. The van der Waals surface area contributed by atoms with Crippen LogP contribution in [0.25, 0.3) is 0 Å². The molecule has 0 spiro atoms. The normalized spacial score (nSPS) is 16.7. The Labute approximate surface area is 139 Å². The summed E-state index contributed by atoms with van der Waals surface area (Å²) < 4.78 is 13.8. The van der Waals surface area contributed by atoms with Gasteiger partial charge in [-0.05, 0) is 36.1 Å². The Balaban J connectivity index is 1.63. The fourth-order valence-electron chi connectivity index (χ4n) is 2.81. The molecule has 1 aliphatic heterocycles. The Hall–Kier alpha value is -2.01. The first-order chi connectivity index (χ1) is 11.1. The molecule has 23 heavy (non-hydrogen) atoms. The van der Waals surface area contributed by atoms with E-state index in [9.17, 15) is 9.18 Å². The van der Waals surface area contributed by atoms with Crippen LogP contribution in [0.15, 0.2) is 47.4 Å². The van der Waals surface area contributed by atoms with E-state index in [1.54, 1.807) is 6.07 Å². The van der Waals surface area contributed by atoms with Crippen molar-refractivity contribution in [2.75, 3.05) is 11.5 Å². The highest BCUT2D eigenvalue weighted by Crippen LogP contribution is 2.37. The van der Waals surface area contributed by atoms with Gasteiger partial charge in [-0.15, -0.1) is 11.8 Å². The van der Waals surface area contributed by atoms with Crippen LogP contribution in [0.4, 0.5) is 10.1 Å². The molecule has 120 valence electrons. The van der Waals surface area contributed by atoms with Crippen LogP contribution in [0.5, 0.6) is 0 Å². The van der Waals surface area contributed by atoms with Gasteiger partial charge in [0.25, 0.3) is 0 Å². The van der Waals surface area contributed by atoms with Gasteiger partial charge in [0.2, 0.25) is 5.91 Å². The summed E-state index contributed by atoms with van der Waals surface area (Å²) >= 11 is 1.52. The van der Waals surface area contributed by atoms with Gasteiger partial charge in [0.15, 0.2) is 0 Å². The highest BCUT2D eigenvalue weighted by molar-refractivity contribution is 7.99. The van der Waals surface area contributed by atoms with E-state index in [1.165, 1.54) is 17.8 Å². The average molecular weight is 330 g/mol. The predicted octanol–water partition coefficient (Wildman–Crippen LogP) is 3.69. The molecular formula is C18H19FN2OS. The lowest BCUT2D eigenvalue weighted by Crippen LogP contribution is -2.31. The Bertz CT molecular complexity index is 720. The Morgan fingerprint density at radius 3 is 2.91 bits per heavy atom. The lowest BCUT2D eigenvalue weighted by Gasteiger charge is -2.26. The van der Waals surface area contributed by atoms with Gasteiger partial charge in [-0.3, -0.25) is 4.79 Å². The number of aryl methyl sites for hydroxylation is 1. The second kappa shape index (κ2) is 7.04. The minimum absolute atomic E-state index is 0.0274. The molecule has 1 amide bonds. The van der Waals surface area contributed by atoms with Gasteiger partial charge in [0.1, 0.15) is 5.82 Å². The average Bonchev–Trinajstić information content (AvgIpc) is 2.55. The number of hydrogen-bond donors (Lipinski definition) is 2. The van der Waals surface area contributed by atoms with Gasteiger partial charge in [0.05, 0.1) is 6.04 Å². The van der Waals surface area contributed by atoms with E-state index >= 15 is 0 Å². The molecular weight excluding hydrogens is 311 g/mol. The van der Waals surface area contributed by atoms with Crippen LogP contribution in [-0.4, -0.2) is 11.7 Å². The van der Waals surface area contributed by atoms with E-state index in [1.807, 2.05) is 30.3 Å². The second-order valence-corrected chi connectivity index (χ2v) is 6.72. The molecule has 2 aromatic rings. The number of benzene rings is 2. The van der Waals surface area contributed by atoms with Crippen LogP contribution in [-0.2, 0) is 11.2 Å². The number of nitrogens with one attached hydrogen (secondary N) is 1. The quantitative estimate of drug-likeness (QED) is 0.841. The highest BCUT2D eigenvalue weighted by atomic mass is 32.2. The molecule has 1 heterocycles. The second-order valence-electron chi connectivity index (χ2n) is 5.61. The molecule has 0 aliphatic carbocycles. The molecule has 3 rings (SSSR count). The zero-order valence-corrected chi connectivity index (χ0v) is 13.5. The minimum atomic E-state index is -0.205. The number of nitrogens with two attached hydrogens (primary N) is 1. The third-order valence-electron chi connectivity index (χ3n) is 4.04. The van der Waals surface area contributed by atoms with Crippen LogP contribution < -0.4 is 11.1 Å². The SMILES string of the molecule is Nc1ccccc1CCC(=O)NC1CCSc2c(F)cccc21. The summed E-state index contributed by atoms with van der Waals surface area (Å²) in [5, 5.41) is 3.03. The van der Waals surface area contributed by atoms with Crippen molar-refractivity contribution in [3.05, 3.63) is 59.4 Å². The van der Waals surface area contributed by atoms with Crippen molar-refractivity contribution in [3.8, 4) is 0 Å². The Morgan fingerprint density at radius 2 is 2.09 bits per heavy atom. The zero-order chi connectivity index (χ0) is 16.2. The van der Waals surface area contributed by atoms with Gasteiger partial charge in [-0.1, -0.05) is 30.3 Å². The molecule has 1 unspecified atom stereocenters. The number of carbonyl (C=O) groups excluding carboxylic acids is 1. The van der Waals surface area contributed by atoms with Crippen molar-refractivity contribution in [1.82, 2.24) is 5.32 Å². The van der Waals surface area contributed by atoms with Crippen LogP contribution in [0.3, 0.4) is 0 Å². The van der Waals surface area contributed by atoms with Crippen LogP contribution in [0, 0.1) is 5.82 Å². The molecule has 0 fully saturated rings. The number of thioether (sulfide) groups is 1. The fourth-order valence-corrected chi connectivity index (χ4v) is 3.95. The predicted molar refractivity (Wildman–Crippen MR) is 91.8 cm³/mol. The molecule has 0 bridgehead atoms. The van der Waals surface area contributed by atoms with E-state index in [2.05, 4.69) is 5.32 Å². The third kappa shape index (κ3) is 3.67. The summed E-state index contributed by atoms with van der Waals surface area (Å²) in [6.07, 6.45) is 1.80. The van der Waals surface area contributed by atoms with Crippen molar-refractivity contribution in [2.24, 2.45) is 0 Å². The number of halogens is 1. The van der Waals surface area contributed by atoms with Crippen molar-refractivity contribution in [2.45, 2.75) is 30.2 Å².